The van der Waals surface area contributed by atoms with E-state index >= 15 is 0 Å². The van der Waals surface area contributed by atoms with Gasteiger partial charge in [-0.15, -0.1) is 0 Å². The summed E-state index contributed by atoms with van der Waals surface area (Å²) in [6.07, 6.45) is 1.96. The van der Waals surface area contributed by atoms with Crippen LogP contribution < -0.4 is 0 Å². The highest BCUT2D eigenvalue weighted by Crippen LogP contribution is 2.26. The van der Waals surface area contributed by atoms with Crippen molar-refractivity contribution in [1.29, 1.82) is 0 Å². The molecular formula is C20H19NO. The van der Waals surface area contributed by atoms with Gasteiger partial charge in [0.2, 0.25) is 0 Å². The molecule has 0 radical (unpaired) electrons. The minimum Gasteiger partial charge on any atom is -0.344 e. The number of ketones is 1. The Morgan fingerprint density at radius 1 is 0.864 bits per heavy atom. The molecule has 1 heterocycles. The Morgan fingerprint density at radius 2 is 1.45 bits per heavy atom. The molecule has 0 bridgehead atoms. The molecule has 0 aliphatic heterocycles. The van der Waals surface area contributed by atoms with Crippen molar-refractivity contribution in [1.82, 2.24) is 4.57 Å². The topological polar surface area (TPSA) is 22.0 Å². The summed E-state index contributed by atoms with van der Waals surface area (Å²) in [6, 6.07) is 21.9. The van der Waals surface area contributed by atoms with Crippen molar-refractivity contribution >= 4 is 5.78 Å². The van der Waals surface area contributed by atoms with Crippen molar-refractivity contribution in [3.05, 3.63) is 84.1 Å². The fourth-order valence-electron chi connectivity index (χ4n) is 2.63. The van der Waals surface area contributed by atoms with Gasteiger partial charge in [-0.25, -0.2) is 0 Å². The molecule has 0 saturated heterocycles. The zero-order valence-electron chi connectivity index (χ0n) is 12.9. The second-order valence-corrected chi connectivity index (χ2v) is 5.68. The van der Waals surface area contributed by atoms with Crippen molar-refractivity contribution in [3.8, 4) is 11.3 Å². The quantitative estimate of drug-likeness (QED) is 0.622. The van der Waals surface area contributed by atoms with Crippen LogP contribution in [0.5, 0.6) is 0 Å². The number of hydrogen-bond donors (Lipinski definition) is 0. The minimum atomic E-state index is 0.0668. The van der Waals surface area contributed by atoms with Gasteiger partial charge in [-0.1, -0.05) is 60.7 Å². The molecule has 2 heteroatoms. The molecule has 0 fully saturated rings. The number of hydrogen-bond acceptors (Lipinski definition) is 1. The highest BCUT2D eigenvalue weighted by Gasteiger charge is 2.16. The van der Waals surface area contributed by atoms with Crippen LogP contribution in [0.25, 0.3) is 11.3 Å². The third-order valence-electron chi connectivity index (χ3n) is 3.77. The average Bonchev–Trinajstić information content (AvgIpc) is 3.01. The van der Waals surface area contributed by atoms with E-state index < -0.39 is 0 Å². The molecule has 0 atom stereocenters. The molecule has 0 amide bonds. The number of benzene rings is 2. The summed E-state index contributed by atoms with van der Waals surface area (Å²) in [5.41, 5.74) is 3.67. The SMILES string of the molecule is CC(C)n1cc(C(=O)c2ccccc2)cc1-c1ccccc1. The van der Waals surface area contributed by atoms with Crippen LogP contribution in [0, 0.1) is 0 Å². The largest absolute Gasteiger partial charge is 0.344 e. The highest BCUT2D eigenvalue weighted by molar-refractivity contribution is 6.09. The van der Waals surface area contributed by atoms with Gasteiger partial charge in [0.05, 0.1) is 0 Å². The lowest BCUT2D eigenvalue weighted by molar-refractivity contribution is 0.103. The molecule has 0 aliphatic rings. The maximum absolute atomic E-state index is 12.7. The zero-order chi connectivity index (χ0) is 15.5. The number of nitrogens with zero attached hydrogens (tertiary/aromatic N) is 1. The van der Waals surface area contributed by atoms with Gasteiger partial charge in [0.15, 0.2) is 5.78 Å². The molecule has 0 spiro atoms. The Balaban J connectivity index is 2.06. The second kappa shape index (κ2) is 6.02. The van der Waals surface area contributed by atoms with Crippen molar-refractivity contribution in [2.45, 2.75) is 19.9 Å². The molecule has 22 heavy (non-hydrogen) atoms. The lowest BCUT2D eigenvalue weighted by atomic mass is 10.1. The standard InChI is InChI=1S/C20H19NO/c1-15(2)21-14-18(20(22)17-11-7-4-8-12-17)13-19(21)16-9-5-3-6-10-16/h3-15H,1-2H3. The van der Waals surface area contributed by atoms with Gasteiger partial charge in [0.1, 0.15) is 0 Å². The van der Waals surface area contributed by atoms with E-state index in [9.17, 15) is 4.79 Å². The summed E-state index contributed by atoms with van der Waals surface area (Å²) in [7, 11) is 0. The van der Waals surface area contributed by atoms with Crippen LogP contribution >= 0.6 is 0 Å². The molecule has 0 N–H and O–H groups in total. The smallest absolute Gasteiger partial charge is 0.194 e. The molecule has 3 rings (SSSR count). The molecule has 2 nitrogen and oxygen atoms in total. The molecule has 2 aromatic carbocycles. The summed E-state index contributed by atoms with van der Waals surface area (Å²) in [5, 5.41) is 0. The predicted octanol–water partition coefficient (Wildman–Crippen LogP) is 4.97. The third-order valence-corrected chi connectivity index (χ3v) is 3.77. The highest BCUT2D eigenvalue weighted by atomic mass is 16.1. The van der Waals surface area contributed by atoms with Gasteiger partial charge in [0, 0.05) is 29.1 Å². The van der Waals surface area contributed by atoms with Gasteiger partial charge in [-0.05, 0) is 25.5 Å². The van der Waals surface area contributed by atoms with Crippen LogP contribution in [0.2, 0.25) is 0 Å². The van der Waals surface area contributed by atoms with E-state index in [1.54, 1.807) is 0 Å². The lowest BCUT2D eigenvalue weighted by Gasteiger charge is -2.12. The maximum atomic E-state index is 12.7. The first kappa shape index (κ1) is 14.3. The Hall–Kier alpha value is -2.61. The summed E-state index contributed by atoms with van der Waals surface area (Å²) >= 11 is 0. The van der Waals surface area contributed by atoms with E-state index in [-0.39, 0.29) is 5.78 Å². The van der Waals surface area contributed by atoms with E-state index in [0.29, 0.717) is 6.04 Å². The van der Waals surface area contributed by atoms with E-state index in [2.05, 4.69) is 30.5 Å². The first-order chi connectivity index (χ1) is 10.7. The maximum Gasteiger partial charge on any atom is 0.194 e. The average molecular weight is 289 g/mol. The van der Waals surface area contributed by atoms with Gasteiger partial charge in [-0.2, -0.15) is 0 Å². The van der Waals surface area contributed by atoms with Crippen molar-refractivity contribution in [2.24, 2.45) is 0 Å². The summed E-state index contributed by atoms with van der Waals surface area (Å²) in [5.74, 6) is 0.0668. The van der Waals surface area contributed by atoms with Crippen molar-refractivity contribution in [3.63, 3.8) is 0 Å². The molecule has 0 saturated carbocycles. The van der Waals surface area contributed by atoms with E-state index in [4.69, 9.17) is 0 Å². The van der Waals surface area contributed by atoms with Gasteiger partial charge in [0.25, 0.3) is 0 Å². The van der Waals surface area contributed by atoms with E-state index in [1.807, 2.05) is 60.8 Å². The Morgan fingerprint density at radius 3 is 2.05 bits per heavy atom. The van der Waals surface area contributed by atoms with Crippen LogP contribution in [0.4, 0.5) is 0 Å². The lowest BCUT2D eigenvalue weighted by Crippen LogP contribution is -2.02. The Bertz CT molecular complexity index is 770. The first-order valence-corrected chi connectivity index (χ1v) is 7.54. The van der Waals surface area contributed by atoms with Crippen molar-refractivity contribution in [2.75, 3.05) is 0 Å². The van der Waals surface area contributed by atoms with Gasteiger partial charge >= 0.3 is 0 Å². The van der Waals surface area contributed by atoms with E-state index in [1.165, 1.54) is 0 Å². The summed E-state index contributed by atoms with van der Waals surface area (Å²) in [6.45, 7) is 4.26. The first-order valence-electron chi connectivity index (χ1n) is 7.54. The Labute approximate surface area is 131 Å². The van der Waals surface area contributed by atoms with E-state index in [0.717, 1.165) is 22.4 Å². The van der Waals surface area contributed by atoms with Crippen LogP contribution in [0.3, 0.4) is 0 Å². The number of carbonyl (C=O) groups excluding carboxylic acids is 1. The third kappa shape index (κ3) is 2.73. The Kier molecular flexibility index (Phi) is 3.92. The predicted molar refractivity (Wildman–Crippen MR) is 90.1 cm³/mol. The fourth-order valence-corrected chi connectivity index (χ4v) is 2.63. The normalized spacial score (nSPS) is 10.9. The summed E-state index contributed by atoms with van der Waals surface area (Å²) < 4.78 is 2.16. The van der Waals surface area contributed by atoms with Crippen LogP contribution in [-0.4, -0.2) is 10.4 Å². The molecule has 3 aromatic rings. The van der Waals surface area contributed by atoms with Crippen LogP contribution in [-0.2, 0) is 0 Å². The molecule has 0 aliphatic carbocycles. The molecule has 0 unspecified atom stereocenters. The molecule has 110 valence electrons. The number of carbonyl (C=O) groups is 1. The molecular weight excluding hydrogens is 270 g/mol. The summed E-state index contributed by atoms with van der Waals surface area (Å²) in [4.78, 5) is 12.7. The zero-order valence-corrected chi connectivity index (χ0v) is 12.9. The fraction of sp³-hybridized carbons (Fsp3) is 0.150. The monoisotopic (exact) mass is 289 g/mol. The van der Waals surface area contributed by atoms with Crippen molar-refractivity contribution < 1.29 is 4.79 Å². The second-order valence-electron chi connectivity index (χ2n) is 5.68. The van der Waals surface area contributed by atoms with Crippen LogP contribution in [0.15, 0.2) is 72.9 Å². The minimum absolute atomic E-state index is 0.0668. The molecule has 1 aromatic heterocycles. The number of rotatable bonds is 4. The number of aromatic nitrogens is 1. The van der Waals surface area contributed by atoms with Crippen LogP contribution in [0.1, 0.15) is 35.8 Å². The van der Waals surface area contributed by atoms with Gasteiger partial charge < -0.3 is 4.57 Å². The van der Waals surface area contributed by atoms with Gasteiger partial charge in [-0.3, -0.25) is 4.79 Å².